The van der Waals surface area contributed by atoms with Gasteiger partial charge in [0.15, 0.2) is 5.96 Å². The third-order valence-corrected chi connectivity index (χ3v) is 5.48. The van der Waals surface area contributed by atoms with E-state index >= 15 is 0 Å². The number of thioether (sulfide) groups is 2. The summed E-state index contributed by atoms with van der Waals surface area (Å²) >= 11 is 3.95. The number of halogens is 1. The Kier molecular flexibility index (Phi) is 12.3. The van der Waals surface area contributed by atoms with Crippen LogP contribution in [0.1, 0.15) is 26.7 Å². The zero-order chi connectivity index (χ0) is 14.0. The minimum absolute atomic E-state index is 0. The lowest BCUT2D eigenvalue weighted by Crippen LogP contribution is -2.39. The van der Waals surface area contributed by atoms with Gasteiger partial charge in [-0.15, -0.1) is 30.6 Å². The summed E-state index contributed by atoms with van der Waals surface area (Å²) in [6, 6.07) is 0. The van der Waals surface area contributed by atoms with Crippen LogP contribution in [0.4, 0.5) is 0 Å². The van der Waals surface area contributed by atoms with E-state index in [4.69, 9.17) is 4.99 Å². The van der Waals surface area contributed by atoms with Crippen molar-refractivity contribution in [2.75, 3.05) is 36.9 Å². The van der Waals surface area contributed by atoms with Gasteiger partial charge in [0.1, 0.15) is 0 Å². The number of rotatable bonds is 8. The summed E-state index contributed by atoms with van der Waals surface area (Å²) in [7, 11) is 0. The molecule has 1 atom stereocenters. The van der Waals surface area contributed by atoms with Crippen LogP contribution < -0.4 is 10.6 Å². The normalized spacial score (nSPS) is 22.2. The van der Waals surface area contributed by atoms with Crippen LogP contribution in [0.3, 0.4) is 0 Å². The van der Waals surface area contributed by atoms with Crippen molar-refractivity contribution in [3.05, 3.63) is 12.7 Å². The quantitative estimate of drug-likeness (QED) is 0.204. The summed E-state index contributed by atoms with van der Waals surface area (Å²) in [6.45, 7) is 10.9. The van der Waals surface area contributed by atoms with Crippen LogP contribution in [0.25, 0.3) is 0 Å². The highest BCUT2D eigenvalue weighted by atomic mass is 127. The van der Waals surface area contributed by atoms with E-state index in [1.54, 1.807) is 0 Å². The lowest BCUT2D eigenvalue weighted by molar-refractivity contribution is 0.615. The first-order chi connectivity index (χ1) is 9.20. The van der Waals surface area contributed by atoms with Gasteiger partial charge in [0.05, 0.1) is 6.54 Å². The number of hydrogen-bond donors (Lipinski definition) is 2. The molecule has 1 fully saturated rings. The van der Waals surface area contributed by atoms with Gasteiger partial charge in [-0.05, 0) is 32.4 Å². The van der Waals surface area contributed by atoms with Crippen molar-refractivity contribution in [3.63, 3.8) is 0 Å². The van der Waals surface area contributed by atoms with Crippen LogP contribution in [0.2, 0.25) is 0 Å². The van der Waals surface area contributed by atoms with Gasteiger partial charge in [-0.2, -0.15) is 23.5 Å². The Labute approximate surface area is 149 Å². The number of aliphatic imine (C=N–C) groups is 1. The molecule has 0 aliphatic carbocycles. The van der Waals surface area contributed by atoms with Crippen molar-refractivity contribution in [1.82, 2.24) is 10.6 Å². The molecule has 0 saturated carbocycles. The average molecular weight is 429 g/mol. The molecule has 0 aromatic carbocycles. The largest absolute Gasteiger partial charge is 0.357 e. The highest BCUT2D eigenvalue weighted by Gasteiger charge is 2.29. The smallest absolute Gasteiger partial charge is 0.191 e. The van der Waals surface area contributed by atoms with Gasteiger partial charge in [0.2, 0.25) is 0 Å². The SMILES string of the molecule is C=CCSCCNC(=NCC1(C)CCCS1)NCC.I. The van der Waals surface area contributed by atoms with Crippen LogP contribution in [-0.2, 0) is 0 Å². The fraction of sp³-hybridized carbons (Fsp3) is 0.786. The lowest BCUT2D eigenvalue weighted by Gasteiger charge is -2.21. The highest BCUT2D eigenvalue weighted by molar-refractivity contribution is 14.0. The molecule has 1 aliphatic rings. The molecule has 6 heteroatoms. The molecule has 0 radical (unpaired) electrons. The van der Waals surface area contributed by atoms with Gasteiger partial charge in [0, 0.05) is 29.3 Å². The Hall–Kier alpha value is 0.440. The topological polar surface area (TPSA) is 36.4 Å². The van der Waals surface area contributed by atoms with Gasteiger partial charge in [-0.25, -0.2) is 0 Å². The fourth-order valence-corrected chi connectivity index (χ4v) is 3.76. The molecule has 0 bridgehead atoms. The maximum Gasteiger partial charge on any atom is 0.191 e. The van der Waals surface area contributed by atoms with Crippen molar-refractivity contribution in [3.8, 4) is 0 Å². The predicted octanol–water partition coefficient (Wildman–Crippen LogP) is 3.36. The molecule has 1 rings (SSSR count). The van der Waals surface area contributed by atoms with Crippen molar-refractivity contribution < 1.29 is 0 Å². The summed E-state index contributed by atoms with van der Waals surface area (Å²) in [5.41, 5.74) is 0. The van der Waals surface area contributed by atoms with Gasteiger partial charge in [-0.1, -0.05) is 6.08 Å². The van der Waals surface area contributed by atoms with Crippen LogP contribution in [0.5, 0.6) is 0 Å². The van der Waals surface area contributed by atoms with E-state index in [1.807, 2.05) is 17.8 Å². The Balaban J connectivity index is 0.00000361. The van der Waals surface area contributed by atoms with Gasteiger partial charge < -0.3 is 10.6 Å². The zero-order valence-corrected chi connectivity index (χ0v) is 16.6. The Morgan fingerprint density at radius 3 is 2.90 bits per heavy atom. The second kappa shape index (κ2) is 12.0. The molecule has 1 unspecified atom stereocenters. The van der Waals surface area contributed by atoms with Gasteiger partial charge >= 0.3 is 0 Å². The van der Waals surface area contributed by atoms with E-state index in [9.17, 15) is 0 Å². The summed E-state index contributed by atoms with van der Waals surface area (Å²) < 4.78 is 0.347. The summed E-state index contributed by atoms with van der Waals surface area (Å²) in [4.78, 5) is 4.73. The second-order valence-corrected chi connectivity index (χ2v) is 7.72. The Bertz CT molecular complexity index is 292. The molecule has 1 saturated heterocycles. The van der Waals surface area contributed by atoms with Crippen molar-refractivity contribution in [1.29, 1.82) is 0 Å². The van der Waals surface area contributed by atoms with E-state index in [1.165, 1.54) is 18.6 Å². The standard InChI is InChI=1S/C14H27N3S2.HI/c1-4-9-18-11-8-16-13(15-5-2)17-12-14(3)7-6-10-19-14;/h4H,1,5-12H2,2-3H3,(H2,15,16,17);1H. The minimum atomic E-state index is 0. The maximum absolute atomic E-state index is 4.73. The summed E-state index contributed by atoms with van der Waals surface area (Å²) in [5, 5.41) is 6.71. The average Bonchev–Trinajstić information content (AvgIpc) is 2.83. The third-order valence-electron chi connectivity index (χ3n) is 2.99. The number of nitrogens with zero attached hydrogens (tertiary/aromatic N) is 1. The van der Waals surface area contributed by atoms with Crippen LogP contribution >= 0.6 is 47.5 Å². The molecule has 1 heterocycles. The zero-order valence-electron chi connectivity index (χ0n) is 12.6. The molecule has 3 nitrogen and oxygen atoms in total. The highest BCUT2D eigenvalue weighted by Crippen LogP contribution is 2.37. The Morgan fingerprint density at radius 1 is 1.50 bits per heavy atom. The lowest BCUT2D eigenvalue weighted by atomic mass is 10.1. The van der Waals surface area contributed by atoms with Crippen molar-refractivity contribution in [2.45, 2.75) is 31.4 Å². The molecular formula is C14H28IN3S2. The first-order valence-electron chi connectivity index (χ1n) is 7.05. The van der Waals surface area contributed by atoms with Gasteiger partial charge in [0.25, 0.3) is 0 Å². The number of guanidine groups is 1. The summed E-state index contributed by atoms with van der Waals surface area (Å²) in [5.74, 6) is 4.34. The number of hydrogen-bond acceptors (Lipinski definition) is 3. The van der Waals surface area contributed by atoms with E-state index in [-0.39, 0.29) is 24.0 Å². The first kappa shape index (κ1) is 20.4. The van der Waals surface area contributed by atoms with E-state index < -0.39 is 0 Å². The van der Waals surface area contributed by atoms with Crippen molar-refractivity contribution >= 4 is 53.5 Å². The molecule has 0 spiro atoms. The molecule has 0 aromatic heterocycles. The molecule has 0 amide bonds. The molecule has 0 aromatic rings. The Morgan fingerprint density at radius 2 is 2.30 bits per heavy atom. The van der Waals surface area contributed by atoms with E-state index in [0.29, 0.717) is 4.75 Å². The summed E-state index contributed by atoms with van der Waals surface area (Å²) in [6.07, 6.45) is 4.57. The monoisotopic (exact) mass is 429 g/mol. The number of nitrogens with one attached hydrogen (secondary N) is 2. The molecule has 2 N–H and O–H groups in total. The second-order valence-electron chi connectivity index (χ2n) is 4.89. The van der Waals surface area contributed by atoms with Crippen LogP contribution in [0, 0.1) is 0 Å². The van der Waals surface area contributed by atoms with Gasteiger partial charge in [-0.3, -0.25) is 4.99 Å². The fourth-order valence-electron chi connectivity index (χ4n) is 1.96. The molecule has 1 aliphatic heterocycles. The van der Waals surface area contributed by atoms with E-state index in [2.05, 4.69) is 42.8 Å². The minimum Gasteiger partial charge on any atom is -0.357 e. The predicted molar refractivity (Wildman–Crippen MR) is 107 cm³/mol. The van der Waals surface area contributed by atoms with Crippen LogP contribution in [-0.4, -0.2) is 47.6 Å². The molecule has 20 heavy (non-hydrogen) atoms. The first-order valence-corrected chi connectivity index (χ1v) is 9.19. The van der Waals surface area contributed by atoms with Crippen molar-refractivity contribution in [2.24, 2.45) is 4.99 Å². The maximum atomic E-state index is 4.73. The van der Waals surface area contributed by atoms with E-state index in [0.717, 1.165) is 37.1 Å². The van der Waals surface area contributed by atoms with Crippen LogP contribution in [0.15, 0.2) is 17.6 Å². The molecular weight excluding hydrogens is 401 g/mol. The third kappa shape index (κ3) is 8.67. The molecule has 118 valence electrons.